The molecule has 0 saturated heterocycles. The summed E-state index contributed by atoms with van der Waals surface area (Å²) in [5.41, 5.74) is 0. The molecule has 86 valence electrons. The molecule has 0 amide bonds. The van der Waals surface area contributed by atoms with E-state index in [0.29, 0.717) is 0 Å². The second kappa shape index (κ2) is 6.93. The average Bonchev–Trinajstić information content (AvgIpc) is 2.17. The summed E-state index contributed by atoms with van der Waals surface area (Å²) in [4.78, 5) is 10.6. The molecule has 0 spiro atoms. The summed E-state index contributed by atoms with van der Waals surface area (Å²) >= 11 is 0. The van der Waals surface area contributed by atoms with E-state index < -0.39 is 16.1 Å². The van der Waals surface area contributed by atoms with Crippen molar-refractivity contribution in [3.05, 3.63) is 36.4 Å². The van der Waals surface area contributed by atoms with Crippen LogP contribution in [-0.4, -0.2) is 18.9 Å². The molecular weight excluding hydrogens is 255 g/mol. The van der Waals surface area contributed by atoms with Crippen molar-refractivity contribution in [2.45, 2.75) is 11.8 Å². The molecule has 0 aliphatic heterocycles. The monoisotopic (exact) mass is 264 g/mol. The van der Waals surface area contributed by atoms with Gasteiger partial charge in [0.1, 0.15) is 15.9 Å². The first-order valence-corrected chi connectivity index (χ1v) is 5.75. The van der Waals surface area contributed by atoms with Gasteiger partial charge in [-0.2, -0.15) is 0 Å². The molecule has 0 saturated carbocycles. The maximum Gasteiger partial charge on any atom is 1.00 e. The van der Waals surface area contributed by atoms with Crippen molar-refractivity contribution in [1.82, 2.24) is 0 Å². The molecule has 0 heterocycles. The van der Waals surface area contributed by atoms with Gasteiger partial charge in [0.15, 0.2) is 0 Å². The van der Waals surface area contributed by atoms with Crippen molar-refractivity contribution in [2.75, 3.05) is 0 Å². The third-order valence-corrected chi connectivity index (χ3v) is 2.48. The standard InChI is InChI=1S/C10H10O5S.Na/c1-2-3-10(11)15-8-4-6-9(7-5-8)16(12,13)14;/h2-7H,1H3,(H,12,13,14);/q;+1/p-1. The first kappa shape index (κ1) is 16.3. The fraction of sp³-hybridized carbons (Fsp3) is 0.100. The predicted molar refractivity (Wildman–Crippen MR) is 54.9 cm³/mol. The van der Waals surface area contributed by atoms with Gasteiger partial charge in [-0.3, -0.25) is 0 Å². The van der Waals surface area contributed by atoms with E-state index in [0.717, 1.165) is 12.1 Å². The van der Waals surface area contributed by atoms with E-state index in [1.807, 2.05) is 0 Å². The van der Waals surface area contributed by atoms with Crippen LogP contribution in [0.4, 0.5) is 0 Å². The molecular formula is C10H9NaO5S. The van der Waals surface area contributed by atoms with Crippen LogP contribution in [0.2, 0.25) is 0 Å². The zero-order valence-electron chi connectivity index (χ0n) is 9.41. The molecule has 0 N–H and O–H groups in total. The van der Waals surface area contributed by atoms with Crippen LogP contribution in [0.5, 0.6) is 5.75 Å². The molecule has 7 heteroatoms. The van der Waals surface area contributed by atoms with Crippen LogP contribution >= 0.6 is 0 Å². The number of benzene rings is 1. The van der Waals surface area contributed by atoms with Crippen molar-refractivity contribution in [3.63, 3.8) is 0 Å². The second-order valence-electron chi connectivity index (χ2n) is 2.85. The Morgan fingerprint density at radius 2 is 1.82 bits per heavy atom. The summed E-state index contributed by atoms with van der Waals surface area (Å²) in [6, 6.07) is 4.65. The summed E-state index contributed by atoms with van der Waals surface area (Å²) in [5.74, 6) is -0.393. The van der Waals surface area contributed by atoms with E-state index in [1.165, 1.54) is 24.3 Å². The van der Waals surface area contributed by atoms with Crippen LogP contribution in [-0.2, 0) is 14.9 Å². The Balaban J connectivity index is 0.00000256. The van der Waals surface area contributed by atoms with Gasteiger partial charge in [-0.1, -0.05) is 6.08 Å². The van der Waals surface area contributed by atoms with E-state index in [1.54, 1.807) is 6.92 Å². The second-order valence-corrected chi connectivity index (χ2v) is 4.23. The van der Waals surface area contributed by atoms with Gasteiger partial charge in [0.25, 0.3) is 0 Å². The fourth-order valence-corrected chi connectivity index (χ4v) is 1.43. The van der Waals surface area contributed by atoms with Crippen molar-refractivity contribution in [3.8, 4) is 5.75 Å². The molecule has 1 rings (SSSR count). The zero-order chi connectivity index (χ0) is 12.2. The zero-order valence-corrected chi connectivity index (χ0v) is 12.2. The number of carbonyl (C=O) groups excluding carboxylic acids is 1. The Labute approximate surface area is 122 Å². The number of ether oxygens (including phenoxy) is 1. The molecule has 0 fully saturated rings. The van der Waals surface area contributed by atoms with Crippen molar-refractivity contribution in [1.29, 1.82) is 0 Å². The maximum absolute atomic E-state index is 11.0. The third-order valence-electron chi connectivity index (χ3n) is 1.63. The van der Waals surface area contributed by atoms with Gasteiger partial charge in [-0.15, -0.1) is 0 Å². The molecule has 5 nitrogen and oxygen atoms in total. The van der Waals surface area contributed by atoms with E-state index in [4.69, 9.17) is 4.74 Å². The van der Waals surface area contributed by atoms with Crippen molar-refractivity contribution >= 4 is 16.1 Å². The van der Waals surface area contributed by atoms with Gasteiger partial charge in [-0.05, 0) is 31.2 Å². The number of allylic oxidation sites excluding steroid dienone is 1. The van der Waals surface area contributed by atoms with Crippen molar-refractivity contribution in [2.24, 2.45) is 0 Å². The van der Waals surface area contributed by atoms with Gasteiger partial charge in [-0.25, -0.2) is 13.2 Å². The van der Waals surface area contributed by atoms with Crippen LogP contribution in [0.25, 0.3) is 0 Å². The molecule has 0 atom stereocenters. The quantitative estimate of drug-likeness (QED) is 0.209. The third kappa shape index (κ3) is 5.47. The summed E-state index contributed by atoms with van der Waals surface area (Å²) in [7, 11) is -4.46. The number of esters is 1. The average molecular weight is 264 g/mol. The molecule has 0 aliphatic carbocycles. The minimum atomic E-state index is -4.46. The molecule has 0 aromatic heterocycles. The van der Waals surface area contributed by atoms with Crippen molar-refractivity contribution < 1.29 is 52.1 Å². The Morgan fingerprint density at radius 3 is 2.24 bits per heavy atom. The largest absolute Gasteiger partial charge is 1.00 e. The van der Waals surface area contributed by atoms with Crippen LogP contribution in [0.3, 0.4) is 0 Å². The van der Waals surface area contributed by atoms with Crippen LogP contribution in [0.15, 0.2) is 41.3 Å². The topological polar surface area (TPSA) is 83.5 Å². The van der Waals surface area contributed by atoms with Gasteiger partial charge in [0, 0.05) is 6.08 Å². The minimum absolute atomic E-state index is 0. The molecule has 0 unspecified atom stereocenters. The smallest absolute Gasteiger partial charge is 0.744 e. The molecule has 17 heavy (non-hydrogen) atoms. The number of hydrogen-bond donors (Lipinski definition) is 0. The summed E-state index contributed by atoms with van der Waals surface area (Å²) < 4.78 is 36.6. The normalized spacial score (nSPS) is 10.9. The first-order valence-electron chi connectivity index (χ1n) is 4.34. The molecule has 0 bridgehead atoms. The minimum Gasteiger partial charge on any atom is -0.744 e. The maximum atomic E-state index is 11.0. The van der Waals surface area contributed by atoms with E-state index in [2.05, 4.69) is 0 Å². The predicted octanol–water partition coefficient (Wildman–Crippen LogP) is -1.92. The van der Waals surface area contributed by atoms with Crippen LogP contribution in [0, 0.1) is 0 Å². The molecule has 1 aromatic rings. The van der Waals surface area contributed by atoms with Gasteiger partial charge >= 0.3 is 35.5 Å². The van der Waals surface area contributed by atoms with Gasteiger partial charge < -0.3 is 9.29 Å². The van der Waals surface area contributed by atoms with E-state index >= 15 is 0 Å². The van der Waals surface area contributed by atoms with Crippen LogP contribution < -0.4 is 34.3 Å². The number of rotatable bonds is 3. The molecule has 0 aliphatic rings. The Morgan fingerprint density at radius 1 is 1.29 bits per heavy atom. The summed E-state index contributed by atoms with van der Waals surface area (Å²) in [6.45, 7) is 1.66. The van der Waals surface area contributed by atoms with E-state index in [9.17, 15) is 17.8 Å². The fourth-order valence-electron chi connectivity index (χ4n) is 0.961. The molecule has 1 aromatic carbocycles. The van der Waals surface area contributed by atoms with Gasteiger partial charge in [0.2, 0.25) is 0 Å². The Bertz CT molecular complexity index is 504. The first-order chi connectivity index (χ1) is 7.43. The Hall–Kier alpha value is -0.660. The summed E-state index contributed by atoms with van der Waals surface area (Å²) in [5, 5.41) is 0. The summed E-state index contributed by atoms with van der Waals surface area (Å²) in [6.07, 6.45) is 2.73. The number of carbonyl (C=O) groups is 1. The van der Waals surface area contributed by atoms with Gasteiger partial charge in [0.05, 0.1) is 4.90 Å². The van der Waals surface area contributed by atoms with Crippen LogP contribution in [0.1, 0.15) is 6.92 Å². The molecule has 0 radical (unpaired) electrons. The SMILES string of the molecule is CC=CC(=O)Oc1ccc(S(=O)(=O)[O-])cc1.[Na+]. The van der Waals surface area contributed by atoms with E-state index in [-0.39, 0.29) is 40.2 Å². The Kier molecular flexibility index (Phi) is 6.66. The number of hydrogen-bond acceptors (Lipinski definition) is 5.